The van der Waals surface area contributed by atoms with E-state index in [0.717, 1.165) is 27.7 Å². The molecular weight excluding hydrogens is 464 g/mol. The van der Waals surface area contributed by atoms with Gasteiger partial charge in [0, 0.05) is 34.9 Å². The molecule has 7 nitrogen and oxygen atoms in total. The highest BCUT2D eigenvalue weighted by atomic mass is 35.5. The van der Waals surface area contributed by atoms with Crippen molar-refractivity contribution < 1.29 is 9.90 Å². The van der Waals surface area contributed by atoms with E-state index in [1.807, 2.05) is 38.4 Å². The zero-order valence-electron chi connectivity index (χ0n) is 19.7. The van der Waals surface area contributed by atoms with Gasteiger partial charge in [0.05, 0.1) is 24.5 Å². The molecule has 0 saturated carbocycles. The molecular formula is C27H25ClN4O3. The van der Waals surface area contributed by atoms with Gasteiger partial charge in [-0.1, -0.05) is 35.9 Å². The highest BCUT2D eigenvalue weighted by molar-refractivity contribution is 6.30. The van der Waals surface area contributed by atoms with Crippen LogP contribution in [0.25, 0.3) is 22.1 Å². The molecule has 178 valence electrons. The van der Waals surface area contributed by atoms with Crippen molar-refractivity contribution in [2.75, 3.05) is 0 Å². The second kappa shape index (κ2) is 8.74. The Kier molecular flexibility index (Phi) is 5.73. The molecule has 0 aliphatic heterocycles. The van der Waals surface area contributed by atoms with Gasteiger partial charge < -0.3 is 9.67 Å². The molecule has 1 N–H and O–H groups in total. The van der Waals surface area contributed by atoms with Crippen molar-refractivity contribution in [2.24, 2.45) is 7.05 Å². The third-order valence-electron chi connectivity index (χ3n) is 6.49. The summed E-state index contributed by atoms with van der Waals surface area (Å²) in [6, 6.07) is 16.1. The summed E-state index contributed by atoms with van der Waals surface area (Å²) in [6.45, 7) is 4.25. The monoisotopic (exact) mass is 488 g/mol. The number of benzene rings is 2. The second-order valence-electron chi connectivity index (χ2n) is 8.94. The van der Waals surface area contributed by atoms with Gasteiger partial charge in [-0.15, -0.1) is 0 Å². The number of aliphatic carboxylic acids is 1. The Labute approximate surface area is 206 Å². The molecule has 2 aromatic carbocycles. The molecule has 8 heteroatoms. The first-order valence-electron chi connectivity index (χ1n) is 11.3. The van der Waals surface area contributed by atoms with Gasteiger partial charge in [-0.25, -0.2) is 9.78 Å². The normalized spacial score (nSPS) is 12.5. The van der Waals surface area contributed by atoms with Crippen LogP contribution in [-0.4, -0.2) is 29.8 Å². The molecule has 3 heterocycles. The number of rotatable bonds is 6. The van der Waals surface area contributed by atoms with Crippen molar-refractivity contribution in [1.29, 1.82) is 0 Å². The molecule has 1 atom stereocenters. The van der Waals surface area contributed by atoms with E-state index in [9.17, 15) is 14.7 Å². The summed E-state index contributed by atoms with van der Waals surface area (Å²) < 4.78 is 5.24. The van der Waals surface area contributed by atoms with Gasteiger partial charge in [-0.2, -0.15) is 0 Å². The van der Waals surface area contributed by atoms with Gasteiger partial charge >= 0.3 is 11.7 Å². The summed E-state index contributed by atoms with van der Waals surface area (Å²) in [7, 11) is 1.99. The molecule has 3 aromatic heterocycles. The van der Waals surface area contributed by atoms with Crippen LogP contribution in [0.5, 0.6) is 0 Å². The quantitative estimate of drug-likeness (QED) is 0.361. The largest absolute Gasteiger partial charge is 0.481 e. The van der Waals surface area contributed by atoms with Crippen LogP contribution in [-0.2, 0) is 18.4 Å². The third-order valence-corrected chi connectivity index (χ3v) is 6.73. The third kappa shape index (κ3) is 4.02. The molecule has 0 aliphatic carbocycles. The van der Waals surface area contributed by atoms with Crippen molar-refractivity contribution >= 4 is 39.6 Å². The van der Waals surface area contributed by atoms with Gasteiger partial charge in [0.15, 0.2) is 5.65 Å². The summed E-state index contributed by atoms with van der Waals surface area (Å²) in [5.41, 5.74) is 5.42. The maximum absolute atomic E-state index is 14.0. The fourth-order valence-electron chi connectivity index (χ4n) is 4.94. The number of hydrogen-bond donors (Lipinski definition) is 1. The fraction of sp³-hybridized carbons (Fsp3) is 0.222. The van der Waals surface area contributed by atoms with Gasteiger partial charge in [0.25, 0.3) is 0 Å². The molecule has 0 aliphatic rings. The average Bonchev–Trinajstić information content (AvgIpc) is 3.26. The number of nitrogens with zero attached hydrogens (tertiary/aromatic N) is 4. The van der Waals surface area contributed by atoms with Crippen LogP contribution in [0.15, 0.2) is 65.6 Å². The fourth-order valence-corrected chi connectivity index (χ4v) is 5.14. The Morgan fingerprint density at radius 2 is 1.86 bits per heavy atom. The van der Waals surface area contributed by atoms with Crippen molar-refractivity contribution in [3.8, 4) is 0 Å². The number of halogens is 1. The number of hydrogen-bond acceptors (Lipinski definition) is 3. The number of pyridine rings is 1. The van der Waals surface area contributed by atoms with Crippen LogP contribution in [0.1, 0.15) is 34.8 Å². The molecule has 0 radical (unpaired) electrons. The molecule has 0 unspecified atom stereocenters. The number of aryl methyl sites for hydroxylation is 3. The van der Waals surface area contributed by atoms with E-state index in [1.54, 1.807) is 28.8 Å². The lowest BCUT2D eigenvalue weighted by molar-refractivity contribution is -0.137. The molecule has 5 aromatic rings. The molecule has 0 saturated heterocycles. The van der Waals surface area contributed by atoms with Gasteiger partial charge in [-0.3, -0.25) is 13.9 Å². The maximum Gasteiger partial charge on any atom is 0.331 e. The van der Waals surface area contributed by atoms with E-state index < -0.39 is 12.0 Å². The van der Waals surface area contributed by atoms with Crippen LogP contribution in [0, 0.1) is 13.8 Å². The Morgan fingerprint density at radius 1 is 1.09 bits per heavy atom. The maximum atomic E-state index is 14.0. The minimum atomic E-state index is -1.01. The van der Waals surface area contributed by atoms with E-state index in [2.05, 4.69) is 28.6 Å². The van der Waals surface area contributed by atoms with Crippen molar-refractivity contribution in [3.63, 3.8) is 0 Å². The van der Waals surface area contributed by atoms with Crippen LogP contribution < -0.4 is 5.69 Å². The number of carboxylic acid groups (broad SMARTS) is 1. The molecule has 0 bridgehead atoms. The first-order valence-corrected chi connectivity index (χ1v) is 11.7. The number of aromatic nitrogens is 4. The van der Waals surface area contributed by atoms with Crippen LogP contribution in [0.2, 0.25) is 5.02 Å². The summed E-state index contributed by atoms with van der Waals surface area (Å²) >= 11 is 6.22. The number of carbonyl (C=O) groups is 1. The molecule has 0 amide bonds. The Hall–Kier alpha value is -3.84. The first kappa shape index (κ1) is 22.9. The molecule has 5 rings (SSSR count). The van der Waals surface area contributed by atoms with Crippen molar-refractivity contribution in [3.05, 3.63) is 98.7 Å². The van der Waals surface area contributed by atoms with Gasteiger partial charge in [0.1, 0.15) is 0 Å². The second-order valence-corrected chi connectivity index (χ2v) is 9.37. The molecule has 0 fully saturated rings. The van der Waals surface area contributed by atoms with Crippen LogP contribution >= 0.6 is 11.6 Å². The standard InChI is InChI=1S/C27H25ClN4O3/c1-16-6-4-9-21-25(16)19(14-30(21)3)15-31-22-11-10-17(2)29-26(22)32(27(31)35)23(13-24(33)34)18-7-5-8-20(28)12-18/h4-12,14,23H,13,15H2,1-3H3,(H,33,34)/t23-/m1/s1. The number of carboxylic acids is 1. The van der Waals surface area contributed by atoms with E-state index >= 15 is 0 Å². The SMILES string of the molecule is Cc1ccc2c(n1)n([C@H](CC(=O)O)c1cccc(Cl)c1)c(=O)n2Cc1cn(C)c2cccc(C)c12. The lowest BCUT2D eigenvalue weighted by atomic mass is 10.0. The van der Waals surface area contributed by atoms with E-state index in [4.69, 9.17) is 11.6 Å². The summed E-state index contributed by atoms with van der Waals surface area (Å²) in [5.74, 6) is -1.01. The lowest BCUT2D eigenvalue weighted by Gasteiger charge is -2.17. The smallest absolute Gasteiger partial charge is 0.331 e. The Morgan fingerprint density at radius 3 is 2.60 bits per heavy atom. The summed E-state index contributed by atoms with van der Waals surface area (Å²) in [5, 5.41) is 11.3. The predicted octanol–water partition coefficient (Wildman–Crippen LogP) is 5.07. The topological polar surface area (TPSA) is 82.1 Å². The first-order chi connectivity index (χ1) is 16.7. The average molecular weight is 489 g/mol. The van der Waals surface area contributed by atoms with Crippen molar-refractivity contribution in [1.82, 2.24) is 18.7 Å². The number of fused-ring (bicyclic) bond motifs is 2. The summed E-state index contributed by atoms with van der Waals surface area (Å²) in [4.78, 5) is 30.5. The van der Waals surface area contributed by atoms with E-state index in [0.29, 0.717) is 28.3 Å². The minimum absolute atomic E-state index is 0.275. The molecule has 0 spiro atoms. The minimum Gasteiger partial charge on any atom is -0.481 e. The van der Waals surface area contributed by atoms with E-state index in [-0.39, 0.29) is 12.1 Å². The number of imidazole rings is 1. The van der Waals surface area contributed by atoms with Gasteiger partial charge in [-0.05, 0) is 60.9 Å². The van der Waals surface area contributed by atoms with Crippen molar-refractivity contribution in [2.45, 2.75) is 32.9 Å². The Bertz CT molecular complexity index is 1660. The Balaban J connectivity index is 1.76. The van der Waals surface area contributed by atoms with Gasteiger partial charge in [0.2, 0.25) is 0 Å². The molecule has 35 heavy (non-hydrogen) atoms. The zero-order chi connectivity index (χ0) is 24.9. The van der Waals surface area contributed by atoms with Crippen LogP contribution in [0.4, 0.5) is 0 Å². The highest BCUT2D eigenvalue weighted by Crippen LogP contribution is 2.29. The zero-order valence-corrected chi connectivity index (χ0v) is 20.5. The van der Waals surface area contributed by atoms with E-state index in [1.165, 1.54) is 4.57 Å². The van der Waals surface area contributed by atoms with Crippen LogP contribution in [0.3, 0.4) is 0 Å². The lowest BCUT2D eigenvalue weighted by Crippen LogP contribution is -2.30. The highest BCUT2D eigenvalue weighted by Gasteiger charge is 2.26. The summed E-state index contributed by atoms with van der Waals surface area (Å²) in [6.07, 6.45) is 1.77. The predicted molar refractivity (Wildman–Crippen MR) is 137 cm³/mol.